The molecule has 1 saturated heterocycles. The first kappa shape index (κ1) is 20.2. The van der Waals surface area contributed by atoms with Crippen molar-refractivity contribution in [1.82, 2.24) is 20.1 Å². The summed E-state index contributed by atoms with van der Waals surface area (Å²) in [5, 5.41) is 3.76. The number of pyridine rings is 1. The zero-order chi connectivity index (χ0) is 20.3. The molecular weight excluding hydrogens is 356 g/mol. The Kier molecular flexibility index (Phi) is 6.26. The number of rotatable bonds is 5. The second-order valence-electron chi connectivity index (χ2n) is 7.68. The third-order valence-electron chi connectivity index (χ3n) is 4.60. The summed E-state index contributed by atoms with van der Waals surface area (Å²) in [7, 11) is 3.75. The van der Waals surface area contributed by atoms with Gasteiger partial charge in [0.1, 0.15) is 6.10 Å². The highest BCUT2D eigenvalue weighted by molar-refractivity contribution is 6.06. The first-order valence-corrected chi connectivity index (χ1v) is 9.60. The third-order valence-corrected chi connectivity index (χ3v) is 4.60. The van der Waals surface area contributed by atoms with Crippen molar-refractivity contribution in [3.63, 3.8) is 0 Å². The van der Waals surface area contributed by atoms with Gasteiger partial charge in [-0.3, -0.25) is 9.59 Å². The highest BCUT2D eigenvalue weighted by Crippen LogP contribution is 2.26. The summed E-state index contributed by atoms with van der Waals surface area (Å²) in [6, 6.07) is 9.42. The van der Waals surface area contributed by atoms with Crippen LogP contribution in [0.5, 0.6) is 0 Å². The van der Waals surface area contributed by atoms with Crippen molar-refractivity contribution in [2.75, 3.05) is 40.3 Å². The standard InChI is InChI=1S/C21H28N4O3/c1-14(2)22-21(27)16-11-18(23-17-8-6-5-7-15(16)17)19-12-25(9-10-28-19)20(26)13-24(3)4/h5-8,11,14,19H,9-10,12-13H2,1-4H3,(H,22,27). The molecule has 2 aromatic rings. The summed E-state index contributed by atoms with van der Waals surface area (Å²) in [6.07, 6.45) is -0.352. The van der Waals surface area contributed by atoms with Gasteiger partial charge in [-0.1, -0.05) is 18.2 Å². The molecule has 0 radical (unpaired) electrons. The van der Waals surface area contributed by atoms with Crippen molar-refractivity contribution < 1.29 is 14.3 Å². The molecule has 7 nitrogen and oxygen atoms in total. The molecule has 1 aliphatic heterocycles. The van der Waals surface area contributed by atoms with Crippen molar-refractivity contribution in [2.24, 2.45) is 0 Å². The molecule has 1 N–H and O–H groups in total. The van der Waals surface area contributed by atoms with Crippen LogP contribution < -0.4 is 5.32 Å². The van der Waals surface area contributed by atoms with Crippen LogP contribution in [0, 0.1) is 0 Å². The number of carbonyl (C=O) groups excluding carboxylic acids is 2. The molecule has 1 unspecified atom stereocenters. The van der Waals surface area contributed by atoms with Crippen molar-refractivity contribution in [2.45, 2.75) is 26.0 Å². The predicted molar refractivity (Wildman–Crippen MR) is 108 cm³/mol. The topological polar surface area (TPSA) is 74.8 Å². The smallest absolute Gasteiger partial charge is 0.252 e. The monoisotopic (exact) mass is 384 g/mol. The molecule has 1 aliphatic rings. The number of hydrogen-bond donors (Lipinski definition) is 1. The van der Waals surface area contributed by atoms with E-state index in [4.69, 9.17) is 9.72 Å². The van der Waals surface area contributed by atoms with Crippen LogP contribution in [0.4, 0.5) is 0 Å². The molecular formula is C21H28N4O3. The summed E-state index contributed by atoms with van der Waals surface area (Å²) in [5.74, 6) is -0.0666. The number of carbonyl (C=O) groups is 2. The van der Waals surface area contributed by atoms with Gasteiger partial charge in [0.05, 0.1) is 36.5 Å². The largest absolute Gasteiger partial charge is 0.368 e. The average Bonchev–Trinajstić information content (AvgIpc) is 2.66. The molecule has 0 bridgehead atoms. The number of para-hydroxylation sites is 1. The Hall–Kier alpha value is -2.51. The molecule has 3 rings (SSSR count). The Balaban J connectivity index is 1.92. The number of morpholine rings is 1. The van der Waals surface area contributed by atoms with E-state index in [9.17, 15) is 9.59 Å². The Bertz CT molecular complexity index is 866. The highest BCUT2D eigenvalue weighted by Gasteiger charge is 2.27. The number of benzene rings is 1. The van der Waals surface area contributed by atoms with Gasteiger partial charge in [-0.05, 0) is 40.1 Å². The van der Waals surface area contributed by atoms with Gasteiger partial charge in [-0.15, -0.1) is 0 Å². The maximum Gasteiger partial charge on any atom is 0.252 e. The number of nitrogens with zero attached hydrogens (tertiary/aromatic N) is 3. The van der Waals surface area contributed by atoms with E-state index in [-0.39, 0.29) is 24.0 Å². The molecule has 1 atom stereocenters. The molecule has 1 fully saturated rings. The molecule has 28 heavy (non-hydrogen) atoms. The van der Waals surface area contributed by atoms with E-state index in [2.05, 4.69) is 5.32 Å². The van der Waals surface area contributed by atoms with Crippen LogP contribution in [-0.4, -0.2) is 73.0 Å². The molecule has 1 aromatic heterocycles. The van der Waals surface area contributed by atoms with Crippen LogP contribution >= 0.6 is 0 Å². The van der Waals surface area contributed by atoms with Crippen LogP contribution in [0.2, 0.25) is 0 Å². The molecule has 1 aromatic carbocycles. The Labute approximate surface area is 165 Å². The zero-order valence-corrected chi connectivity index (χ0v) is 16.9. The summed E-state index contributed by atoms with van der Waals surface area (Å²) in [4.78, 5) is 33.6. The molecule has 2 amide bonds. The lowest BCUT2D eigenvalue weighted by molar-refractivity contribution is -0.139. The number of ether oxygens (including phenoxy) is 1. The SMILES string of the molecule is CC(C)NC(=O)c1cc(C2CN(C(=O)CN(C)C)CCO2)nc2ccccc12. The fraction of sp³-hybridized carbons (Fsp3) is 0.476. The van der Waals surface area contributed by atoms with Crippen molar-refractivity contribution in [3.05, 3.63) is 41.6 Å². The van der Waals surface area contributed by atoms with Gasteiger partial charge in [0, 0.05) is 18.0 Å². The third kappa shape index (κ3) is 4.66. The normalized spacial score (nSPS) is 17.4. The summed E-state index contributed by atoms with van der Waals surface area (Å²) in [6.45, 7) is 5.67. The predicted octanol–water partition coefficient (Wildman–Crippen LogP) is 1.83. The van der Waals surface area contributed by atoms with Gasteiger partial charge in [0.2, 0.25) is 5.91 Å². The molecule has 0 saturated carbocycles. The summed E-state index contributed by atoms with van der Waals surface area (Å²) >= 11 is 0. The number of hydrogen-bond acceptors (Lipinski definition) is 5. The lowest BCUT2D eigenvalue weighted by Crippen LogP contribution is -2.45. The van der Waals surface area contributed by atoms with Crippen LogP contribution in [0.3, 0.4) is 0 Å². The average molecular weight is 384 g/mol. The number of aromatic nitrogens is 1. The second-order valence-corrected chi connectivity index (χ2v) is 7.68. The van der Waals surface area contributed by atoms with E-state index in [0.29, 0.717) is 37.5 Å². The fourth-order valence-electron chi connectivity index (χ4n) is 3.31. The van der Waals surface area contributed by atoms with Crippen LogP contribution in [0.25, 0.3) is 10.9 Å². The van der Waals surface area contributed by atoms with Crippen LogP contribution in [0.1, 0.15) is 36.0 Å². The van der Waals surface area contributed by atoms with E-state index < -0.39 is 0 Å². The molecule has 7 heteroatoms. The lowest BCUT2D eigenvalue weighted by atomic mass is 10.0. The maximum absolute atomic E-state index is 12.7. The van der Waals surface area contributed by atoms with Crippen molar-refractivity contribution in [3.8, 4) is 0 Å². The van der Waals surface area contributed by atoms with Crippen LogP contribution in [0.15, 0.2) is 30.3 Å². The number of likely N-dealkylation sites (N-methyl/N-ethyl adjacent to an activating group) is 1. The number of fused-ring (bicyclic) bond motifs is 1. The number of amides is 2. The van der Waals surface area contributed by atoms with E-state index in [1.165, 1.54) is 0 Å². The van der Waals surface area contributed by atoms with E-state index in [0.717, 1.165) is 10.9 Å². The van der Waals surface area contributed by atoms with E-state index in [1.54, 1.807) is 11.0 Å². The van der Waals surface area contributed by atoms with Gasteiger partial charge in [-0.25, -0.2) is 4.98 Å². The minimum Gasteiger partial charge on any atom is -0.368 e. The zero-order valence-electron chi connectivity index (χ0n) is 16.9. The minimum absolute atomic E-state index is 0.0351. The maximum atomic E-state index is 12.7. The summed E-state index contributed by atoms with van der Waals surface area (Å²) in [5.41, 5.74) is 2.00. The first-order chi connectivity index (χ1) is 13.3. The van der Waals surface area contributed by atoms with Gasteiger partial charge in [-0.2, -0.15) is 0 Å². The molecule has 150 valence electrons. The van der Waals surface area contributed by atoms with Gasteiger partial charge < -0.3 is 19.9 Å². The van der Waals surface area contributed by atoms with Crippen molar-refractivity contribution >= 4 is 22.7 Å². The van der Waals surface area contributed by atoms with E-state index >= 15 is 0 Å². The highest BCUT2D eigenvalue weighted by atomic mass is 16.5. The Morgan fingerprint density at radius 2 is 2.07 bits per heavy atom. The van der Waals surface area contributed by atoms with Gasteiger partial charge >= 0.3 is 0 Å². The first-order valence-electron chi connectivity index (χ1n) is 9.60. The molecule has 0 spiro atoms. The van der Waals surface area contributed by atoms with Crippen LogP contribution in [-0.2, 0) is 9.53 Å². The Morgan fingerprint density at radius 3 is 2.79 bits per heavy atom. The van der Waals surface area contributed by atoms with Gasteiger partial charge in [0.25, 0.3) is 5.91 Å². The minimum atomic E-state index is -0.352. The van der Waals surface area contributed by atoms with Gasteiger partial charge in [0.15, 0.2) is 0 Å². The Morgan fingerprint density at radius 1 is 1.32 bits per heavy atom. The molecule has 2 heterocycles. The number of nitrogens with one attached hydrogen (secondary N) is 1. The quantitative estimate of drug-likeness (QED) is 0.851. The second kappa shape index (κ2) is 8.67. The fourth-order valence-corrected chi connectivity index (χ4v) is 3.31. The lowest BCUT2D eigenvalue weighted by Gasteiger charge is -2.33. The van der Waals surface area contributed by atoms with E-state index in [1.807, 2.05) is 57.1 Å². The molecule has 0 aliphatic carbocycles. The van der Waals surface area contributed by atoms with Crippen molar-refractivity contribution in [1.29, 1.82) is 0 Å². The summed E-state index contributed by atoms with van der Waals surface area (Å²) < 4.78 is 5.91.